The number of ether oxygens (including phenoxy) is 1. The Labute approximate surface area is 113 Å². The summed E-state index contributed by atoms with van der Waals surface area (Å²) in [5.41, 5.74) is 0.583. The average Bonchev–Trinajstić information content (AvgIpc) is 2.34. The molecule has 96 valence electrons. The zero-order valence-corrected chi connectivity index (χ0v) is 11.6. The number of benzene rings is 1. The highest BCUT2D eigenvalue weighted by Gasteiger charge is 2.49. The van der Waals surface area contributed by atoms with Gasteiger partial charge in [0, 0.05) is 23.9 Å². The molecule has 0 aromatic heterocycles. The number of rotatable bonds is 3. The zero-order valence-electron chi connectivity index (χ0n) is 10.8. The summed E-state index contributed by atoms with van der Waals surface area (Å²) in [5, 5.41) is 12.5. The lowest BCUT2D eigenvalue weighted by Crippen LogP contribution is -2.61. The van der Waals surface area contributed by atoms with E-state index in [9.17, 15) is 0 Å². The minimum Gasteiger partial charge on any atom is -0.490 e. The van der Waals surface area contributed by atoms with Crippen molar-refractivity contribution in [3.05, 3.63) is 28.8 Å². The lowest BCUT2D eigenvalue weighted by atomic mass is 9.64. The first kappa shape index (κ1) is 13.2. The molecule has 4 heteroatoms. The molecule has 1 aromatic rings. The Bertz CT molecular complexity index is 493. The van der Waals surface area contributed by atoms with Gasteiger partial charge in [-0.25, -0.2) is 0 Å². The van der Waals surface area contributed by atoms with Crippen molar-refractivity contribution in [2.24, 2.45) is 5.41 Å². The van der Waals surface area contributed by atoms with Crippen LogP contribution >= 0.6 is 11.6 Å². The topological polar surface area (TPSA) is 45.0 Å². The van der Waals surface area contributed by atoms with Crippen molar-refractivity contribution in [2.75, 3.05) is 7.05 Å². The molecule has 1 N–H and O–H groups in total. The monoisotopic (exact) mass is 264 g/mol. The molecule has 1 fully saturated rings. The molecule has 2 atom stereocenters. The van der Waals surface area contributed by atoms with Crippen molar-refractivity contribution >= 4 is 11.6 Å². The number of nitriles is 1. The average molecular weight is 265 g/mol. The van der Waals surface area contributed by atoms with Crippen molar-refractivity contribution in [2.45, 2.75) is 32.4 Å². The molecule has 1 aliphatic rings. The maximum absolute atomic E-state index is 8.81. The van der Waals surface area contributed by atoms with Crippen LogP contribution in [0.4, 0.5) is 0 Å². The molecule has 0 amide bonds. The predicted octanol–water partition coefficient (Wildman–Crippen LogP) is 2.98. The van der Waals surface area contributed by atoms with Crippen LogP contribution in [0.25, 0.3) is 0 Å². The van der Waals surface area contributed by atoms with E-state index in [1.54, 1.807) is 18.2 Å². The van der Waals surface area contributed by atoms with Crippen LogP contribution in [-0.2, 0) is 0 Å². The summed E-state index contributed by atoms with van der Waals surface area (Å²) in [6.07, 6.45) is 1.17. The molecule has 0 bridgehead atoms. The van der Waals surface area contributed by atoms with Gasteiger partial charge in [-0.15, -0.1) is 0 Å². The molecule has 0 radical (unpaired) electrons. The second kappa shape index (κ2) is 4.79. The van der Waals surface area contributed by atoms with Gasteiger partial charge in [0.1, 0.15) is 17.9 Å². The Morgan fingerprint density at radius 1 is 1.50 bits per heavy atom. The fourth-order valence-corrected chi connectivity index (χ4v) is 2.61. The first-order valence-corrected chi connectivity index (χ1v) is 6.40. The molecule has 0 heterocycles. The van der Waals surface area contributed by atoms with Gasteiger partial charge in [0.25, 0.3) is 0 Å². The zero-order chi connectivity index (χ0) is 13.3. The van der Waals surface area contributed by atoms with Crippen LogP contribution in [0.5, 0.6) is 5.75 Å². The lowest BCUT2D eigenvalue weighted by molar-refractivity contribution is -0.0520. The van der Waals surface area contributed by atoms with Gasteiger partial charge in [0.15, 0.2) is 0 Å². The van der Waals surface area contributed by atoms with Gasteiger partial charge in [-0.3, -0.25) is 0 Å². The third kappa shape index (κ3) is 2.19. The summed E-state index contributed by atoms with van der Waals surface area (Å²) < 4.78 is 5.94. The Kier molecular flexibility index (Phi) is 3.52. The molecule has 0 aliphatic heterocycles. The van der Waals surface area contributed by atoms with Crippen LogP contribution in [-0.4, -0.2) is 19.2 Å². The third-order valence-corrected chi connectivity index (χ3v) is 4.18. The van der Waals surface area contributed by atoms with Gasteiger partial charge in [0.05, 0.1) is 10.6 Å². The largest absolute Gasteiger partial charge is 0.490 e. The first-order chi connectivity index (χ1) is 8.48. The fraction of sp³-hybridized carbons (Fsp3) is 0.500. The van der Waals surface area contributed by atoms with Crippen molar-refractivity contribution in [3.63, 3.8) is 0 Å². The lowest BCUT2D eigenvalue weighted by Gasteiger charge is -2.51. The highest BCUT2D eigenvalue weighted by Crippen LogP contribution is 2.43. The van der Waals surface area contributed by atoms with Gasteiger partial charge < -0.3 is 10.1 Å². The standard InChI is InChI=1S/C14H17ClN2O/c1-14(2)12(17-3)7-13(14)18-10-5-4-9(8-16)11(15)6-10/h4-6,12-13,17H,7H2,1-3H3/t12-,13+/m0/s1. The Hall–Kier alpha value is -1.24. The van der Waals surface area contributed by atoms with E-state index < -0.39 is 0 Å². The molecule has 0 spiro atoms. The SMILES string of the molecule is CN[C@H]1C[C@@H](Oc2ccc(C#N)c(Cl)c2)C1(C)C. The smallest absolute Gasteiger partial charge is 0.121 e. The summed E-state index contributed by atoms with van der Waals surface area (Å²) in [7, 11) is 1.97. The molecule has 0 saturated heterocycles. The highest BCUT2D eigenvalue weighted by atomic mass is 35.5. The summed E-state index contributed by atoms with van der Waals surface area (Å²) in [4.78, 5) is 0. The molecular formula is C14H17ClN2O. The van der Waals surface area contributed by atoms with E-state index in [4.69, 9.17) is 21.6 Å². The Morgan fingerprint density at radius 3 is 2.72 bits per heavy atom. The summed E-state index contributed by atoms with van der Waals surface area (Å²) in [6.45, 7) is 4.38. The van der Waals surface area contributed by atoms with Crippen molar-refractivity contribution in [1.29, 1.82) is 5.26 Å². The van der Waals surface area contributed by atoms with Crippen molar-refractivity contribution in [3.8, 4) is 11.8 Å². The Balaban J connectivity index is 2.08. The van der Waals surface area contributed by atoms with Crippen molar-refractivity contribution in [1.82, 2.24) is 5.32 Å². The Morgan fingerprint density at radius 2 is 2.22 bits per heavy atom. The van der Waals surface area contributed by atoms with Gasteiger partial charge in [0.2, 0.25) is 0 Å². The highest BCUT2D eigenvalue weighted by molar-refractivity contribution is 6.31. The molecular weight excluding hydrogens is 248 g/mol. The summed E-state index contributed by atoms with van der Waals surface area (Å²) in [6, 6.07) is 7.72. The molecule has 1 aromatic carbocycles. The van der Waals surface area contributed by atoms with E-state index in [0.29, 0.717) is 16.6 Å². The molecule has 1 aliphatic carbocycles. The minimum atomic E-state index is 0.106. The second-order valence-electron chi connectivity index (χ2n) is 5.26. The molecule has 1 saturated carbocycles. The number of halogens is 1. The third-order valence-electron chi connectivity index (χ3n) is 3.87. The first-order valence-electron chi connectivity index (χ1n) is 6.02. The van der Waals surface area contributed by atoms with Crippen LogP contribution in [0.1, 0.15) is 25.8 Å². The van der Waals surface area contributed by atoms with Crippen LogP contribution in [0.15, 0.2) is 18.2 Å². The quantitative estimate of drug-likeness (QED) is 0.913. The summed E-state index contributed by atoms with van der Waals surface area (Å²) in [5.74, 6) is 0.728. The maximum Gasteiger partial charge on any atom is 0.121 e. The van der Waals surface area contributed by atoms with Gasteiger partial charge in [-0.2, -0.15) is 5.26 Å². The van der Waals surface area contributed by atoms with Crippen LogP contribution in [0.2, 0.25) is 5.02 Å². The van der Waals surface area contributed by atoms with E-state index >= 15 is 0 Å². The van der Waals surface area contributed by atoms with Crippen LogP contribution in [0, 0.1) is 16.7 Å². The van der Waals surface area contributed by atoms with Gasteiger partial charge in [-0.05, 0) is 19.2 Å². The maximum atomic E-state index is 8.81. The number of nitrogens with one attached hydrogen (secondary N) is 1. The second-order valence-corrected chi connectivity index (χ2v) is 5.67. The van der Waals surface area contributed by atoms with E-state index in [2.05, 4.69) is 19.2 Å². The molecule has 0 unspecified atom stereocenters. The number of nitrogens with zero attached hydrogens (tertiary/aromatic N) is 1. The normalized spacial score (nSPS) is 25.1. The van der Waals surface area contributed by atoms with E-state index in [1.165, 1.54) is 0 Å². The van der Waals surface area contributed by atoms with Gasteiger partial charge in [-0.1, -0.05) is 25.4 Å². The molecule has 18 heavy (non-hydrogen) atoms. The number of hydrogen-bond acceptors (Lipinski definition) is 3. The van der Waals surface area contributed by atoms with E-state index in [1.807, 2.05) is 13.1 Å². The minimum absolute atomic E-state index is 0.106. The van der Waals surface area contributed by atoms with Gasteiger partial charge >= 0.3 is 0 Å². The summed E-state index contributed by atoms with van der Waals surface area (Å²) >= 11 is 5.99. The molecule has 2 rings (SSSR count). The van der Waals surface area contributed by atoms with Crippen LogP contribution in [0.3, 0.4) is 0 Å². The molecule has 3 nitrogen and oxygen atoms in total. The predicted molar refractivity (Wildman–Crippen MR) is 71.8 cm³/mol. The van der Waals surface area contributed by atoms with E-state index in [0.717, 1.165) is 12.2 Å². The van der Waals surface area contributed by atoms with Crippen LogP contribution < -0.4 is 10.1 Å². The van der Waals surface area contributed by atoms with E-state index in [-0.39, 0.29) is 11.5 Å². The number of hydrogen-bond donors (Lipinski definition) is 1. The fourth-order valence-electron chi connectivity index (χ4n) is 2.40. The van der Waals surface area contributed by atoms with Crippen molar-refractivity contribution < 1.29 is 4.74 Å².